The molecule has 2 saturated heterocycles. The number of halogens is 1. The second-order valence-corrected chi connectivity index (χ2v) is 11.4. The summed E-state index contributed by atoms with van der Waals surface area (Å²) in [5.74, 6) is 0.192. The molecule has 0 saturated carbocycles. The lowest BCUT2D eigenvalue weighted by Gasteiger charge is -2.34. The maximum Gasteiger partial charge on any atom is 0.261 e. The minimum atomic E-state index is -0.381. The predicted molar refractivity (Wildman–Crippen MR) is 163 cm³/mol. The van der Waals surface area contributed by atoms with Crippen LogP contribution in [0.25, 0.3) is 22.6 Å². The van der Waals surface area contributed by atoms with Gasteiger partial charge in [0, 0.05) is 71.1 Å². The van der Waals surface area contributed by atoms with Crippen LogP contribution in [0.3, 0.4) is 0 Å². The molecule has 6 rings (SSSR count). The molecular weight excluding hydrogens is 537 g/mol. The smallest absolute Gasteiger partial charge is 0.261 e. The SMILES string of the molecule is CN1CCN(c2cc3nc4n(c(=O)c3cc2F)CC/C4=C\c2ccc(NC(=O)CN3CCN(CCO)CC3)cc2)CC1. The first-order chi connectivity index (χ1) is 20.4. The second kappa shape index (κ2) is 12.3. The molecule has 2 N–H and O–H groups in total. The Labute approximate surface area is 244 Å². The van der Waals surface area contributed by atoms with Gasteiger partial charge in [-0.1, -0.05) is 12.1 Å². The molecule has 1 amide bonds. The number of amides is 1. The lowest BCUT2D eigenvalue weighted by atomic mass is 10.1. The Bertz CT molecular complexity index is 1540. The van der Waals surface area contributed by atoms with E-state index in [1.165, 1.54) is 6.07 Å². The number of nitrogens with one attached hydrogen (secondary N) is 1. The average Bonchev–Trinajstić information content (AvgIpc) is 3.38. The van der Waals surface area contributed by atoms with Crippen molar-refractivity contribution in [2.24, 2.45) is 0 Å². The molecule has 11 heteroatoms. The number of likely N-dealkylation sites (N-methyl/N-ethyl adjacent to an activating group) is 1. The number of rotatable bonds is 7. The van der Waals surface area contributed by atoms with Crippen LogP contribution in [0.15, 0.2) is 41.2 Å². The van der Waals surface area contributed by atoms with E-state index < -0.39 is 0 Å². The highest BCUT2D eigenvalue weighted by Crippen LogP contribution is 2.30. The van der Waals surface area contributed by atoms with Crippen molar-refractivity contribution in [1.29, 1.82) is 0 Å². The predicted octanol–water partition coefficient (Wildman–Crippen LogP) is 1.78. The van der Waals surface area contributed by atoms with Gasteiger partial charge in [0.15, 0.2) is 0 Å². The molecule has 3 aromatic rings. The van der Waals surface area contributed by atoms with E-state index in [1.807, 2.05) is 35.2 Å². The number of carbonyl (C=O) groups is 1. The fourth-order valence-electron chi connectivity index (χ4n) is 6.03. The summed E-state index contributed by atoms with van der Waals surface area (Å²) in [5.41, 5.74) is 3.43. The molecule has 42 heavy (non-hydrogen) atoms. The molecule has 0 atom stereocenters. The molecule has 0 radical (unpaired) electrons. The molecular formula is C31H38FN7O3. The number of carbonyl (C=O) groups excluding carboxylic acids is 1. The lowest BCUT2D eigenvalue weighted by molar-refractivity contribution is -0.117. The lowest BCUT2D eigenvalue weighted by Crippen LogP contribution is -2.49. The van der Waals surface area contributed by atoms with E-state index in [9.17, 15) is 9.59 Å². The molecule has 222 valence electrons. The fourth-order valence-corrected chi connectivity index (χ4v) is 6.03. The third kappa shape index (κ3) is 6.10. The summed E-state index contributed by atoms with van der Waals surface area (Å²) in [6, 6.07) is 10.7. The summed E-state index contributed by atoms with van der Waals surface area (Å²) in [6.45, 7) is 8.17. The standard InChI is InChI=1S/C31H38FN7O3/c1-35-8-14-38(15-9-35)28-20-27-25(19-26(28)32)31(42)39-7-6-23(30(39)34-27)18-22-2-4-24(5-3-22)33-29(41)21-37-12-10-36(11-13-37)16-17-40/h2-5,18-20,40H,6-17,21H2,1H3,(H,33,41)/b23-18+. The van der Waals surface area contributed by atoms with Gasteiger partial charge in [0.2, 0.25) is 5.91 Å². The van der Waals surface area contributed by atoms with Gasteiger partial charge in [-0.25, -0.2) is 9.37 Å². The van der Waals surface area contributed by atoms with E-state index in [2.05, 4.69) is 27.1 Å². The third-order valence-electron chi connectivity index (χ3n) is 8.54. The van der Waals surface area contributed by atoms with E-state index in [1.54, 1.807) is 10.6 Å². The molecule has 0 bridgehead atoms. The Morgan fingerprint density at radius 3 is 2.43 bits per heavy atom. The zero-order valence-electron chi connectivity index (χ0n) is 24.1. The average molecular weight is 576 g/mol. The van der Waals surface area contributed by atoms with Gasteiger partial charge in [0.25, 0.3) is 5.56 Å². The summed E-state index contributed by atoms with van der Waals surface area (Å²) in [5, 5.41) is 12.4. The van der Waals surface area contributed by atoms with Crippen molar-refractivity contribution in [2.75, 3.05) is 89.3 Å². The Kier molecular flexibility index (Phi) is 8.34. The molecule has 2 aromatic carbocycles. The first-order valence-electron chi connectivity index (χ1n) is 14.7. The van der Waals surface area contributed by atoms with Crippen molar-refractivity contribution in [1.82, 2.24) is 24.3 Å². The number of piperazine rings is 2. The number of aliphatic hydroxyl groups excluding tert-OH is 1. The Balaban J connectivity index is 1.15. The summed E-state index contributed by atoms with van der Waals surface area (Å²) in [6.07, 6.45) is 2.69. The highest BCUT2D eigenvalue weighted by Gasteiger charge is 2.24. The van der Waals surface area contributed by atoms with Gasteiger partial charge in [0.05, 0.1) is 29.7 Å². The van der Waals surface area contributed by atoms with Gasteiger partial charge in [0.1, 0.15) is 11.6 Å². The fraction of sp³-hybridized carbons (Fsp3) is 0.452. The number of aromatic nitrogens is 2. The number of fused-ring (bicyclic) bond motifs is 2. The van der Waals surface area contributed by atoms with Gasteiger partial charge in [-0.05, 0) is 54.9 Å². The van der Waals surface area contributed by atoms with Crippen LogP contribution in [0.1, 0.15) is 17.8 Å². The third-order valence-corrected chi connectivity index (χ3v) is 8.54. The van der Waals surface area contributed by atoms with Gasteiger partial charge in [-0.3, -0.25) is 24.0 Å². The summed E-state index contributed by atoms with van der Waals surface area (Å²) in [4.78, 5) is 39.3. The molecule has 10 nitrogen and oxygen atoms in total. The highest BCUT2D eigenvalue weighted by atomic mass is 19.1. The Morgan fingerprint density at radius 2 is 1.71 bits per heavy atom. The van der Waals surface area contributed by atoms with Crippen LogP contribution in [0, 0.1) is 5.82 Å². The van der Waals surface area contributed by atoms with Crippen LogP contribution in [0.4, 0.5) is 15.8 Å². The van der Waals surface area contributed by atoms with E-state index >= 15 is 4.39 Å². The van der Waals surface area contributed by atoms with E-state index in [-0.39, 0.29) is 23.9 Å². The zero-order valence-corrected chi connectivity index (χ0v) is 24.1. The molecule has 4 heterocycles. The van der Waals surface area contributed by atoms with Crippen molar-refractivity contribution in [3.63, 3.8) is 0 Å². The first-order valence-corrected chi connectivity index (χ1v) is 14.7. The summed E-state index contributed by atoms with van der Waals surface area (Å²) < 4.78 is 16.7. The molecule has 2 fully saturated rings. The molecule has 0 unspecified atom stereocenters. The van der Waals surface area contributed by atoms with Crippen molar-refractivity contribution in [2.45, 2.75) is 13.0 Å². The Morgan fingerprint density at radius 1 is 1.00 bits per heavy atom. The van der Waals surface area contributed by atoms with Gasteiger partial charge >= 0.3 is 0 Å². The summed E-state index contributed by atoms with van der Waals surface area (Å²) >= 11 is 0. The van der Waals surface area contributed by atoms with Crippen LogP contribution in [0.5, 0.6) is 0 Å². The molecule has 0 aliphatic carbocycles. The molecule has 1 aromatic heterocycles. The van der Waals surface area contributed by atoms with Crippen LogP contribution in [-0.4, -0.2) is 114 Å². The summed E-state index contributed by atoms with van der Waals surface area (Å²) in [7, 11) is 2.06. The monoisotopic (exact) mass is 575 g/mol. The largest absolute Gasteiger partial charge is 0.395 e. The topological polar surface area (TPSA) is 97.2 Å². The number of anilines is 2. The maximum absolute atomic E-state index is 15.1. The van der Waals surface area contributed by atoms with Gasteiger partial charge in [-0.15, -0.1) is 0 Å². The van der Waals surface area contributed by atoms with Crippen molar-refractivity contribution in [3.8, 4) is 0 Å². The number of hydrogen-bond acceptors (Lipinski definition) is 8. The van der Waals surface area contributed by atoms with Gasteiger partial charge < -0.3 is 20.2 Å². The molecule has 3 aliphatic heterocycles. The normalized spacial score (nSPS) is 19.5. The van der Waals surface area contributed by atoms with Crippen molar-refractivity contribution >= 4 is 39.8 Å². The van der Waals surface area contributed by atoms with E-state index in [0.717, 1.165) is 69.2 Å². The quantitative estimate of drug-likeness (QED) is 0.440. The van der Waals surface area contributed by atoms with Crippen LogP contribution in [-0.2, 0) is 11.3 Å². The number of nitrogens with zero attached hydrogens (tertiary/aromatic N) is 6. The first kappa shape index (κ1) is 28.5. The van der Waals surface area contributed by atoms with E-state index in [4.69, 9.17) is 10.1 Å². The van der Waals surface area contributed by atoms with Crippen LogP contribution >= 0.6 is 0 Å². The zero-order chi connectivity index (χ0) is 29.2. The highest BCUT2D eigenvalue weighted by molar-refractivity contribution is 5.92. The Hall–Kier alpha value is -3.64. The molecule has 0 spiro atoms. The molecule has 3 aliphatic rings. The van der Waals surface area contributed by atoms with Crippen molar-refractivity contribution in [3.05, 3.63) is 64.0 Å². The maximum atomic E-state index is 15.1. The number of hydrogen-bond donors (Lipinski definition) is 2. The number of aliphatic hydroxyl groups is 1. The number of benzene rings is 2. The van der Waals surface area contributed by atoms with Crippen molar-refractivity contribution < 1.29 is 14.3 Å². The van der Waals surface area contributed by atoms with E-state index in [0.29, 0.717) is 48.5 Å². The van der Waals surface area contributed by atoms with Crippen LogP contribution < -0.4 is 15.8 Å². The van der Waals surface area contributed by atoms with Gasteiger partial charge in [-0.2, -0.15) is 0 Å². The van der Waals surface area contributed by atoms with Crippen LogP contribution in [0.2, 0.25) is 0 Å². The number of allylic oxidation sites excluding steroid dienone is 1. The minimum absolute atomic E-state index is 0.0516. The second-order valence-electron chi connectivity index (χ2n) is 11.4. The number of β-amino-alcohol motifs (C(OH)–C–C–N with tert-alkyl or cyclic N) is 1. The minimum Gasteiger partial charge on any atom is -0.395 e.